The summed E-state index contributed by atoms with van der Waals surface area (Å²) < 4.78 is 5.79. The number of ether oxygens (including phenoxy) is 1. The molecule has 1 N–H and O–H groups in total. The molecule has 1 aromatic heterocycles. The third-order valence-corrected chi connectivity index (χ3v) is 4.95. The van der Waals surface area contributed by atoms with Crippen molar-refractivity contribution in [2.24, 2.45) is 0 Å². The van der Waals surface area contributed by atoms with Gasteiger partial charge in [0.1, 0.15) is 0 Å². The molecule has 0 aliphatic carbocycles. The molecule has 0 spiro atoms. The van der Waals surface area contributed by atoms with Gasteiger partial charge in [-0.05, 0) is 34.4 Å². The van der Waals surface area contributed by atoms with Crippen LogP contribution in [0.15, 0.2) is 47.2 Å². The monoisotopic (exact) mass is 344 g/mol. The lowest BCUT2D eigenvalue weighted by Gasteiger charge is -2.33. The maximum Gasteiger partial charge on any atom is 0.220 e. The van der Waals surface area contributed by atoms with Gasteiger partial charge in [-0.2, -0.15) is 11.3 Å². The molecule has 1 saturated heterocycles. The fraction of sp³-hybridized carbons (Fsp3) is 0.421. The minimum atomic E-state index is 0.0764. The van der Waals surface area contributed by atoms with Gasteiger partial charge in [-0.25, -0.2) is 0 Å². The van der Waals surface area contributed by atoms with E-state index in [-0.39, 0.29) is 12.0 Å². The Hall–Kier alpha value is -1.69. The number of nitrogens with one attached hydrogen (secondary N) is 1. The van der Waals surface area contributed by atoms with E-state index in [1.807, 2.05) is 11.4 Å². The number of carbonyl (C=O) groups is 1. The van der Waals surface area contributed by atoms with Crippen LogP contribution in [0.2, 0.25) is 0 Å². The van der Waals surface area contributed by atoms with Crippen molar-refractivity contribution in [3.8, 4) is 0 Å². The van der Waals surface area contributed by atoms with Gasteiger partial charge in [-0.3, -0.25) is 9.69 Å². The van der Waals surface area contributed by atoms with E-state index in [0.29, 0.717) is 13.0 Å². The standard InChI is InChI=1S/C19H24N2O2S/c22-19(7-6-17-8-11-24-15-17)20-12-18-14-21(9-10-23-18)13-16-4-2-1-3-5-16/h1-5,8,11,15,18H,6-7,9-10,12-14H2,(H,20,22). The Morgan fingerprint density at radius 2 is 2.12 bits per heavy atom. The molecule has 128 valence electrons. The zero-order chi connectivity index (χ0) is 16.6. The highest BCUT2D eigenvalue weighted by Crippen LogP contribution is 2.11. The number of thiophene rings is 1. The van der Waals surface area contributed by atoms with E-state index >= 15 is 0 Å². The molecule has 1 atom stereocenters. The van der Waals surface area contributed by atoms with Gasteiger partial charge >= 0.3 is 0 Å². The quantitative estimate of drug-likeness (QED) is 0.840. The zero-order valence-electron chi connectivity index (χ0n) is 13.8. The first-order valence-electron chi connectivity index (χ1n) is 8.45. The van der Waals surface area contributed by atoms with E-state index in [0.717, 1.165) is 32.7 Å². The van der Waals surface area contributed by atoms with Crippen molar-refractivity contribution in [1.82, 2.24) is 10.2 Å². The van der Waals surface area contributed by atoms with Crippen LogP contribution in [0.5, 0.6) is 0 Å². The normalized spacial score (nSPS) is 18.4. The minimum Gasteiger partial charge on any atom is -0.374 e. The highest BCUT2D eigenvalue weighted by atomic mass is 32.1. The molecule has 1 fully saturated rings. The maximum absolute atomic E-state index is 12.0. The molecule has 3 rings (SSSR count). The number of aryl methyl sites for hydroxylation is 1. The van der Waals surface area contributed by atoms with Gasteiger partial charge in [0.2, 0.25) is 5.91 Å². The molecule has 0 radical (unpaired) electrons. The Kier molecular flexibility index (Phi) is 6.41. The average Bonchev–Trinajstić information content (AvgIpc) is 3.13. The highest BCUT2D eigenvalue weighted by Gasteiger charge is 2.20. The molecule has 24 heavy (non-hydrogen) atoms. The van der Waals surface area contributed by atoms with Gasteiger partial charge in [0.05, 0.1) is 12.7 Å². The molecular formula is C19H24N2O2S. The molecule has 2 aromatic rings. The number of benzene rings is 1. The summed E-state index contributed by atoms with van der Waals surface area (Å²) in [5.41, 5.74) is 2.55. The van der Waals surface area contributed by atoms with Crippen LogP contribution in [0.4, 0.5) is 0 Å². The number of amides is 1. The third-order valence-electron chi connectivity index (χ3n) is 4.22. The summed E-state index contributed by atoms with van der Waals surface area (Å²) in [4.78, 5) is 14.4. The van der Waals surface area contributed by atoms with Crippen LogP contribution in [-0.2, 0) is 22.5 Å². The second-order valence-corrected chi connectivity index (χ2v) is 6.93. The lowest BCUT2D eigenvalue weighted by molar-refractivity contribution is -0.122. The van der Waals surface area contributed by atoms with Gasteiger partial charge in [0.15, 0.2) is 0 Å². The van der Waals surface area contributed by atoms with E-state index in [1.54, 1.807) is 11.3 Å². The van der Waals surface area contributed by atoms with Crippen molar-refractivity contribution >= 4 is 17.2 Å². The lowest BCUT2D eigenvalue weighted by atomic mass is 10.1. The Bertz CT molecular complexity index is 616. The second kappa shape index (κ2) is 8.97. The Morgan fingerprint density at radius 3 is 2.92 bits per heavy atom. The lowest BCUT2D eigenvalue weighted by Crippen LogP contribution is -2.47. The SMILES string of the molecule is O=C(CCc1ccsc1)NCC1CN(Cc2ccccc2)CCO1. The first-order valence-corrected chi connectivity index (χ1v) is 9.39. The van der Waals surface area contributed by atoms with Gasteiger partial charge in [0, 0.05) is 32.6 Å². The van der Waals surface area contributed by atoms with Gasteiger partial charge in [-0.15, -0.1) is 0 Å². The maximum atomic E-state index is 12.0. The van der Waals surface area contributed by atoms with E-state index in [2.05, 4.69) is 45.9 Å². The summed E-state index contributed by atoms with van der Waals surface area (Å²) in [5, 5.41) is 7.15. The smallest absolute Gasteiger partial charge is 0.220 e. The van der Waals surface area contributed by atoms with Crippen molar-refractivity contribution in [2.75, 3.05) is 26.2 Å². The summed E-state index contributed by atoms with van der Waals surface area (Å²) in [5.74, 6) is 0.102. The molecule has 0 bridgehead atoms. The first-order chi connectivity index (χ1) is 11.8. The van der Waals surface area contributed by atoms with Crippen molar-refractivity contribution in [3.05, 3.63) is 58.3 Å². The molecule has 1 aliphatic heterocycles. The largest absolute Gasteiger partial charge is 0.374 e. The van der Waals surface area contributed by atoms with Crippen LogP contribution in [0, 0.1) is 0 Å². The Labute approximate surface area is 147 Å². The molecule has 1 unspecified atom stereocenters. The zero-order valence-corrected chi connectivity index (χ0v) is 14.6. The van der Waals surface area contributed by atoms with Crippen molar-refractivity contribution in [3.63, 3.8) is 0 Å². The predicted octanol–water partition coefficient (Wildman–Crippen LogP) is 2.70. The molecule has 1 aliphatic rings. The topological polar surface area (TPSA) is 41.6 Å². The summed E-state index contributed by atoms with van der Waals surface area (Å²) in [6.45, 7) is 4.06. The molecule has 2 heterocycles. The summed E-state index contributed by atoms with van der Waals surface area (Å²) >= 11 is 1.67. The highest BCUT2D eigenvalue weighted by molar-refractivity contribution is 7.07. The molecule has 1 amide bonds. The van der Waals surface area contributed by atoms with Crippen molar-refractivity contribution in [1.29, 1.82) is 0 Å². The second-order valence-electron chi connectivity index (χ2n) is 6.15. The van der Waals surface area contributed by atoms with E-state index < -0.39 is 0 Å². The molecule has 0 saturated carbocycles. The fourth-order valence-corrected chi connectivity index (χ4v) is 3.60. The Balaban J connectivity index is 1.38. The van der Waals surface area contributed by atoms with Crippen LogP contribution in [0.1, 0.15) is 17.5 Å². The minimum absolute atomic E-state index is 0.0764. The van der Waals surface area contributed by atoms with Crippen molar-refractivity contribution in [2.45, 2.75) is 25.5 Å². The van der Waals surface area contributed by atoms with Crippen LogP contribution in [0.3, 0.4) is 0 Å². The number of hydrogen-bond donors (Lipinski definition) is 1. The number of morpholine rings is 1. The first kappa shape index (κ1) is 17.1. The Morgan fingerprint density at radius 1 is 1.25 bits per heavy atom. The van der Waals surface area contributed by atoms with Gasteiger partial charge in [-0.1, -0.05) is 30.3 Å². The van der Waals surface area contributed by atoms with Gasteiger partial charge < -0.3 is 10.1 Å². The van der Waals surface area contributed by atoms with Crippen LogP contribution in [-0.4, -0.2) is 43.2 Å². The summed E-state index contributed by atoms with van der Waals surface area (Å²) in [7, 11) is 0. The molecular weight excluding hydrogens is 320 g/mol. The summed E-state index contributed by atoms with van der Waals surface area (Å²) in [6, 6.07) is 12.6. The van der Waals surface area contributed by atoms with Crippen LogP contribution >= 0.6 is 11.3 Å². The number of rotatable bonds is 7. The average molecular weight is 344 g/mol. The molecule has 4 nitrogen and oxygen atoms in total. The van der Waals surface area contributed by atoms with Crippen LogP contribution in [0.25, 0.3) is 0 Å². The number of hydrogen-bond acceptors (Lipinski definition) is 4. The number of carbonyl (C=O) groups excluding carboxylic acids is 1. The predicted molar refractivity (Wildman–Crippen MR) is 97.1 cm³/mol. The molecule has 5 heteroatoms. The molecule has 1 aromatic carbocycles. The number of nitrogens with zero attached hydrogens (tertiary/aromatic N) is 1. The third kappa shape index (κ3) is 5.44. The van der Waals surface area contributed by atoms with E-state index in [1.165, 1.54) is 11.1 Å². The van der Waals surface area contributed by atoms with E-state index in [4.69, 9.17) is 4.74 Å². The van der Waals surface area contributed by atoms with Crippen molar-refractivity contribution < 1.29 is 9.53 Å². The van der Waals surface area contributed by atoms with E-state index in [9.17, 15) is 4.79 Å². The van der Waals surface area contributed by atoms with Crippen LogP contribution < -0.4 is 5.32 Å². The fourth-order valence-electron chi connectivity index (χ4n) is 2.90. The van der Waals surface area contributed by atoms with Gasteiger partial charge in [0.25, 0.3) is 0 Å². The summed E-state index contributed by atoms with van der Waals surface area (Å²) in [6.07, 6.45) is 1.42.